The fourth-order valence-corrected chi connectivity index (χ4v) is 1.05. The molecule has 0 radical (unpaired) electrons. The van der Waals surface area contributed by atoms with Crippen molar-refractivity contribution in [1.29, 1.82) is 0 Å². The number of rotatable bonds is 4. The van der Waals surface area contributed by atoms with Gasteiger partial charge in [0.15, 0.2) is 0 Å². The Labute approximate surface area is 82.5 Å². The number of nitrogens with one attached hydrogen (secondary N) is 1. The molecule has 1 amide bonds. The van der Waals surface area contributed by atoms with Crippen molar-refractivity contribution < 1.29 is 4.79 Å². The first-order valence-electron chi connectivity index (χ1n) is 4.44. The molecular formula is C9H14N4O. The zero-order valence-corrected chi connectivity index (χ0v) is 8.08. The Morgan fingerprint density at radius 2 is 2.36 bits per heavy atom. The molecule has 0 unspecified atom stereocenters. The van der Waals surface area contributed by atoms with Crippen LogP contribution in [0.4, 0.5) is 11.5 Å². The highest BCUT2D eigenvalue weighted by molar-refractivity contribution is 5.98. The standard InChI is InChI=1S/C9H14N4O/c1-2-3-12-9-7(8(11)14)4-6(10)5-13-9/h4-5H,2-3,10H2,1H3,(H2,11,14)(H,12,13). The molecule has 0 saturated carbocycles. The van der Waals surface area contributed by atoms with Gasteiger partial charge in [0.05, 0.1) is 17.4 Å². The van der Waals surface area contributed by atoms with Crippen molar-refractivity contribution in [3.05, 3.63) is 17.8 Å². The van der Waals surface area contributed by atoms with Crippen LogP contribution in [0.15, 0.2) is 12.3 Å². The molecule has 0 fully saturated rings. The van der Waals surface area contributed by atoms with E-state index in [0.29, 0.717) is 17.1 Å². The first kappa shape index (κ1) is 10.3. The number of carbonyl (C=O) groups excluding carboxylic acids is 1. The molecule has 1 rings (SSSR count). The molecule has 5 N–H and O–H groups in total. The predicted molar refractivity (Wildman–Crippen MR) is 55.9 cm³/mol. The van der Waals surface area contributed by atoms with E-state index in [1.165, 1.54) is 12.3 Å². The molecule has 1 aromatic heterocycles. The summed E-state index contributed by atoms with van der Waals surface area (Å²) in [4.78, 5) is 15.0. The van der Waals surface area contributed by atoms with Crippen LogP contribution in [0.3, 0.4) is 0 Å². The summed E-state index contributed by atoms with van der Waals surface area (Å²) in [6.07, 6.45) is 2.44. The van der Waals surface area contributed by atoms with E-state index in [0.717, 1.165) is 13.0 Å². The Morgan fingerprint density at radius 3 is 2.93 bits per heavy atom. The topological polar surface area (TPSA) is 94.0 Å². The van der Waals surface area contributed by atoms with Crippen LogP contribution < -0.4 is 16.8 Å². The lowest BCUT2D eigenvalue weighted by Crippen LogP contribution is -2.16. The molecule has 0 aromatic carbocycles. The SMILES string of the molecule is CCCNc1ncc(N)cc1C(N)=O. The Morgan fingerprint density at radius 1 is 1.64 bits per heavy atom. The van der Waals surface area contributed by atoms with Crippen molar-refractivity contribution in [1.82, 2.24) is 4.98 Å². The minimum absolute atomic E-state index is 0.332. The number of nitrogen functional groups attached to an aromatic ring is 1. The summed E-state index contributed by atoms with van der Waals surface area (Å²) in [5.41, 5.74) is 11.4. The van der Waals surface area contributed by atoms with Gasteiger partial charge >= 0.3 is 0 Å². The maximum absolute atomic E-state index is 11.0. The van der Waals surface area contributed by atoms with E-state index in [2.05, 4.69) is 10.3 Å². The van der Waals surface area contributed by atoms with Crippen molar-refractivity contribution in [2.75, 3.05) is 17.6 Å². The molecule has 76 valence electrons. The molecule has 5 heteroatoms. The molecule has 1 aromatic rings. The minimum atomic E-state index is -0.525. The molecule has 0 atom stereocenters. The van der Waals surface area contributed by atoms with Gasteiger partial charge in [-0.15, -0.1) is 0 Å². The van der Waals surface area contributed by atoms with Gasteiger partial charge in [-0.2, -0.15) is 0 Å². The minimum Gasteiger partial charge on any atom is -0.397 e. The van der Waals surface area contributed by atoms with Crippen LogP contribution in [0.5, 0.6) is 0 Å². The number of nitrogens with two attached hydrogens (primary N) is 2. The molecule has 14 heavy (non-hydrogen) atoms. The molecule has 1 heterocycles. The summed E-state index contributed by atoms with van der Waals surface area (Å²) < 4.78 is 0. The second-order valence-electron chi connectivity index (χ2n) is 2.96. The first-order valence-corrected chi connectivity index (χ1v) is 4.44. The van der Waals surface area contributed by atoms with Crippen molar-refractivity contribution >= 4 is 17.4 Å². The molecule has 0 bridgehead atoms. The lowest BCUT2D eigenvalue weighted by molar-refractivity contribution is 0.100. The van der Waals surface area contributed by atoms with Gasteiger partial charge in [0.1, 0.15) is 5.82 Å². The number of aromatic nitrogens is 1. The van der Waals surface area contributed by atoms with Crippen LogP contribution in [0.1, 0.15) is 23.7 Å². The molecule has 0 aliphatic carbocycles. The molecule has 0 saturated heterocycles. The Hall–Kier alpha value is -1.78. The van der Waals surface area contributed by atoms with Gasteiger partial charge in [0.2, 0.25) is 0 Å². The van der Waals surface area contributed by atoms with Crippen LogP contribution in [-0.4, -0.2) is 17.4 Å². The lowest BCUT2D eigenvalue weighted by Gasteiger charge is -2.07. The number of hydrogen-bond donors (Lipinski definition) is 3. The second-order valence-corrected chi connectivity index (χ2v) is 2.96. The number of primary amides is 1. The van der Waals surface area contributed by atoms with Crippen molar-refractivity contribution in [2.45, 2.75) is 13.3 Å². The van der Waals surface area contributed by atoms with Crippen LogP contribution in [0.25, 0.3) is 0 Å². The highest BCUT2D eigenvalue weighted by Crippen LogP contribution is 2.14. The number of carbonyl (C=O) groups is 1. The normalized spacial score (nSPS) is 9.79. The molecule has 0 aliphatic rings. The molecule has 0 aliphatic heterocycles. The third-order valence-electron chi connectivity index (χ3n) is 1.72. The van der Waals surface area contributed by atoms with Crippen LogP contribution in [0, 0.1) is 0 Å². The molecule has 0 spiro atoms. The van der Waals surface area contributed by atoms with Gasteiger partial charge in [-0.25, -0.2) is 4.98 Å². The van der Waals surface area contributed by atoms with Gasteiger partial charge in [-0.05, 0) is 12.5 Å². The predicted octanol–water partition coefficient (Wildman–Crippen LogP) is 0.585. The molecular weight excluding hydrogens is 180 g/mol. The van der Waals surface area contributed by atoms with E-state index in [9.17, 15) is 4.79 Å². The van der Waals surface area contributed by atoms with Crippen LogP contribution in [-0.2, 0) is 0 Å². The van der Waals surface area contributed by atoms with Gasteiger partial charge in [-0.1, -0.05) is 6.92 Å². The Bertz CT molecular complexity index is 338. The van der Waals surface area contributed by atoms with E-state index in [4.69, 9.17) is 11.5 Å². The third-order valence-corrected chi connectivity index (χ3v) is 1.72. The van der Waals surface area contributed by atoms with E-state index >= 15 is 0 Å². The van der Waals surface area contributed by atoms with Crippen molar-refractivity contribution in [3.63, 3.8) is 0 Å². The van der Waals surface area contributed by atoms with E-state index < -0.39 is 5.91 Å². The largest absolute Gasteiger partial charge is 0.397 e. The number of nitrogens with zero attached hydrogens (tertiary/aromatic N) is 1. The number of anilines is 2. The highest BCUT2D eigenvalue weighted by Gasteiger charge is 2.08. The second kappa shape index (κ2) is 4.45. The summed E-state index contributed by atoms with van der Waals surface area (Å²) in [5.74, 6) is -0.0306. The Kier molecular flexibility index (Phi) is 3.28. The van der Waals surface area contributed by atoms with Gasteiger partial charge in [0.25, 0.3) is 5.91 Å². The van der Waals surface area contributed by atoms with Gasteiger partial charge in [-0.3, -0.25) is 4.79 Å². The summed E-state index contributed by atoms with van der Waals surface area (Å²) in [5, 5.41) is 3.00. The van der Waals surface area contributed by atoms with Gasteiger partial charge < -0.3 is 16.8 Å². The smallest absolute Gasteiger partial charge is 0.252 e. The van der Waals surface area contributed by atoms with Crippen molar-refractivity contribution in [2.24, 2.45) is 5.73 Å². The van der Waals surface area contributed by atoms with Crippen LogP contribution in [0.2, 0.25) is 0 Å². The maximum atomic E-state index is 11.0. The van der Waals surface area contributed by atoms with Gasteiger partial charge in [0, 0.05) is 6.54 Å². The average Bonchev–Trinajstić information content (AvgIpc) is 2.15. The highest BCUT2D eigenvalue weighted by atomic mass is 16.1. The van der Waals surface area contributed by atoms with Crippen molar-refractivity contribution in [3.8, 4) is 0 Å². The van der Waals surface area contributed by atoms with E-state index in [-0.39, 0.29) is 0 Å². The first-order chi connectivity index (χ1) is 6.65. The number of amides is 1. The zero-order valence-electron chi connectivity index (χ0n) is 8.08. The number of hydrogen-bond acceptors (Lipinski definition) is 4. The summed E-state index contributed by atoms with van der Waals surface area (Å²) >= 11 is 0. The summed E-state index contributed by atoms with van der Waals surface area (Å²) in [6.45, 7) is 2.77. The quantitative estimate of drug-likeness (QED) is 0.653. The van der Waals surface area contributed by atoms with E-state index in [1.54, 1.807) is 0 Å². The fourth-order valence-electron chi connectivity index (χ4n) is 1.05. The Balaban J connectivity index is 2.96. The monoisotopic (exact) mass is 194 g/mol. The summed E-state index contributed by atoms with van der Waals surface area (Å²) in [6, 6.07) is 1.52. The molecule has 5 nitrogen and oxygen atoms in total. The maximum Gasteiger partial charge on any atom is 0.252 e. The number of pyridine rings is 1. The third kappa shape index (κ3) is 2.35. The summed E-state index contributed by atoms with van der Waals surface area (Å²) in [7, 11) is 0. The lowest BCUT2D eigenvalue weighted by atomic mass is 10.2. The zero-order chi connectivity index (χ0) is 10.6. The fraction of sp³-hybridized carbons (Fsp3) is 0.333. The van der Waals surface area contributed by atoms with Crippen LogP contribution >= 0.6 is 0 Å². The average molecular weight is 194 g/mol. The van der Waals surface area contributed by atoms with E-state index in [1.807, 2.05) is 6.92 Å².